The molecule has 1 aromatic rings. The van der Waals surface area contributed by atoms with Gasteiger partial charge in [0.25, 0.3) is 0 Å². The Balaban J connectivity index is 0.00000364. The van der Waals surface area contributed by atoms with Crippen molar-refractivity contribution in [3.8, 4) is 0 Å². The molecule has 0 aromatic heterocycles. The third-order valence-electron chi connectivity index (χ3n) is 3.87. The van der Waals surface area contributed by atoms with Crippen molar-refractivity contribution in [2.45, 2.75) is 37.2 Å². The molecule has 2 N–H and O–H groups in total. The standard InChI is InChI=1S/C19H30FN3O2S.HI/c1-2-21-19(22-10-4-12-24-15-17-5-3-13-25-17)23-11-14-26-18-8-6-16(20)7-9-18;/h6-9,17H,2-5,10-15H2,1H3,(H2,21,22,23);1H. The largest absolute Gasteiger partial charge is 0.379 e. The summed E-state index contributed by atoms with van der Waals surface area (Å²) in [5.74, 6) is 1.51. The number of thioether (sulfide) groups is 1. The molecule has 0 radical (unpaired) electrons. The Kier molecular flexibility index (Phi) is 13.9. The van der Waals surface area contributed by atoms with Crippen LogP contribution in [0.25, 0.3) is 0 Å². The van der Waals surface area contributed by atoms with Gasteiger partial charge in [0.15, 0.2) is 5.96 Å². The predicted molar refractivity (Wildman–Crippen MR) is 121 cm³/mol. The van der Waals surface area contributed by atoms with Gasteiger partial charge in [-0.15, -0.1) is 35.7 Å². The zero-order chi connectivity index (χ0) is 18.5. The first kappa shape index (κ1) is 24.5. The number of guanidine groups is 1. The lowest BCUT2D eigenvalue weighted by molar-refractivity contribution is 0.0171. The quantitative estimate of drug-likeness (QED) is 0.156. The van der Waals surface area contributed by atoms with Crippen LogP contribution in [0.4, 0.5) is 4.39 Å². The first-order valence-corrected chi connectivity index (χ1v) is 10.4. The first-order chi connectivity index (χ1) is 12.8. The Bertz CT molecular complexity index is 528. The summed E-state index contributed by atoms with van der Waals surface area (Å²) in [6.07, 6.45) is 3.45. The molecule has 1 unspecified atom stereocenters. The van der Waals surface area contributed by atoms with E-state index in [1.54, 1.807) is 23.9 Å². The van der Waals surface area contributed by atoms with Gasteiger partial charge in [-0.25, -0.2) is 4.39 Å². The van der Waals surface area contributed by atoms with Crippen LogP contribution < -0.4 is 10.6 Å². The lowest BCUT2D eigenvalue weighted by atomic mass is 10.2. The average Bonchev–Trinajstić information content (AvgIpc) is 3.16. The van der Waals surface area contributed by atoms with E-state index in [0.29, 0.717) is 13.2 Å². The van der Waals surface area contributed by atoms with Crippen LogP contribution in [0.15, 0.2) is 34.2 Å². The highest BCUT2D eigenvalue weighted by Crippen LogP contribution is 2.17. The van der Waals surface area contributed by atoms with E-state index in [2.05, 4.69) is 22.5 Å². The topological polar surface area (TPSA) is 54.9 Å². The van der Waals surface area contributed by atoms with Gasteiger partial charge in [-0.2, -0.15) is 0 Å². The summed E-state index contributed by atoms with van der Waals surface area (Å²) >= 11 is 1.69. The van der Waals surface area contributed by atoms with Crippen LogP contribution in [0.3, 0.4) is 0 Å². The lowest BCUT2D eigenvalue weighted by Gasteiger charge is -2.12. The van der Waals surface area contributed by atoms with Crippen molar-refractivity contribution in [2.75, 3.05) is 45.2 Å². The predicted octanol–water partition coefficient (Wildman–Crippen LogP) is 3.68. The highest BCUT2D eigenvalue weighted by molar-refractivity contribution is 14.0. The lowest BCUT2D eigenvalue weighted by Crippen LogP contribution is -2.38. The van der Waals surface area contributed by atoms with Crippen molar-refractivity contribution in [1.29, 1.82) is 0 Å². The van der Waals surface area contributed by atoms with Crippen molar-refractivity contribution < 1.29 is 13.9 Å². The SMILES string of the molecule is CCNC(=NCCCOCC1CCCO1)NCCSc1ccc(F)cc1.I. The monoisotopic (exact) mass is 511 g/mol. The third kappa shape index (κ3) is 11.1. The van der Waals surface area contributed by atoms with Crippen LogP contribution in [0, 0.1) is 5.82 Å². The molecule has 2 rings (SSSR count). The minimum absolute atomic E-state index is 0. The smallest absolute Gasteiger partial charge is 0.191 e. The number of aliphatic imine (C=N–C) groups is 1. The fourth-order valence-electron chi connectivity index (χ4n) is 2.56. The molecule has 0 saturated carbocycles. The minimum atomic E-state index is -0.200. The second-order valence-corrected chi connectivity index (χ2v) is 7.22. The summed E-state index contributed by atoms with van der Waals surface area (Å²) < 4.78 is 24.1. The summed E-state index contributed by atoms with van der Waals surface area (Å²) in [5, 5.41) is 6.56. The molecule has 0 spiro atoms. The van der Waals surface area contributed by atoms with Gasteiger partial charge < -0.3 is 20.1 Å². The van der Waals surface area contributed by atoms with E-state index in [9.17, 15) is 4.39 Å². The molecule has 1 heterocycles. The fourth-order valence-corrected chi connectivity index (χ4v) is 3.33. The summed E-state index contributed by atoms with van der Waals surface area (Å²) in [6.45, 7) is 6.68. The van der Waals surface area contributed by atoms with Crippen molar-refractivity contribution in [3.63, 3.8) is 0 Å². The number of nitrogens with one attached hydrogen (secondary N) is 2. The number of hydrogen-bond acceptors (Lipinski definition) is 4. The molecule has 1 aliphatic heterocycles. The molecule has 1 aliphatic rings. The summed E-state index contributed by atoms with van der Waals surface area (Å²) in [4.78, 5) is 5.63. The van der Waals surface area contributed by atoms with Crippen LogP contribution in [0.2, 0.25) is 0 Å². The summed E-state index contributed by atoms with van der Waals surface area (Å²) in [7, 11) is 0. The Morgan fingerprint density at radius 2 is 2.15 bits per heavy atom. The highest BCUT2D eigenvalue weighted by Gasteiger charge is 2.14. The molecule has 0 bridgehead atoms. The zero-order valence-corrected chi connectivity index (χ0v) is 19.1. The Hall–Kier alpha value is -0.580. The maximum atomic E-state index is 12.9. The molecule has 154 valence electrons. The van der Waals surface area contributed by atoms with Gasteiger partial charge in [0.1, 0.15) is 5.82 Å². The Morgan fingerprint density at radius 3 is 2.85 bits per heavy atom. The maximum Gasteiger partial charge on any atom is 0.191 e. The maximum absolute atomic E-state index is 12.9. The third-order valence-corrected chi connectivity index (χ3v) is 4.88. The number of ether oxygens (including phenoxy) is 2. The molecule has 5 nitrogen and oxygen atoms in total. The normalized spacial score (nSPS) is 16.8. The van der Waals surface area contributed by atoms with Crippen molar-refractivity contribution in [2.24, 2.45) is 4.99 Å². The van der Waals surface area contributed by atoms with E-state index < -0.39 is 0 Å². The fraction of sp³-hybridized carbons (Fsp3) is 0.632. The highest BCUT2D eigenvalue weighted by atomic mass is 127. The van der Waals surface area contributed by atoms with Gasteiger partial charge >= 0.3 is 0 Å². The second-order valence-electron chi connectivity index (χ2n) is 6.05. The van der Waals surface area contributed by atoms with Gasteiger partial charge in [0.2, 0.25) is 0 Å². The first-order valence-electron chi connectivity index (χ1n) is 9.38. The van der Waals surface area contributed by atoms with Crippen LogP contribution in [-0.2, 0) is 9.47 Å². The van der Waals surface area contributed by atoms with Crippen molar-refractivity contribution >= 4 is 41.7 Å². The van der Waals surface area contributed by atoms with Gasteiger partial charge in [0.05, 0.1) is 12.7 Å². The van der Waals surface area contributed by atoms with Gasteiger partial charge in [0, 0.05) is 43.5 Å². The number of benzene rings is 1. The van der Waals surface area contributed by atoms with E-state index in [-0.39, 0.29) is 35.9 Å². The Morgan fingerprint density at radius 1 is 1.33 bits per heavy atom. The summed E-state index contributed by atoms with van der Waals surface area (Å²) in [6, 6.07) is 6.58. The molecule has 8 heteroatoms. The second kappa shape index (κ2) is 15.4. The van der Waals surface area contributed by atoms with E-state index in [1.807, 2.05) is 0 Å². The number of nitrogens with zero attached hydrogens (tertiary/aromatic N) is 1. The molecule has 1 fully saturated rings. The molecule has 1 aromatic carbocycles. The van der Waals surface area contributed by atoms with Crippen LogP contribution in [-0.4, -0.2) is 57.3 Å². The minimum Gasteiger partial charge on any atom is -0.379 e. The molecule has 0 amide bonds. The number of hydrogen-bond donors (Lipinski definition) is 2. The molecule has 1 saturated heterocycles. The van der Waals surface area contributed by atoms with E-state index in [0.717, 1.165) is 62.1 Å². The Labute approximate surface area is 183 Å². The van der Waals surface area contributed by atoms with E-state index in [1.165, 1.54) is 12.1 Å². The van der Waals surface area contributed by atoms with E-state index in [4.69, 9.17) is 9.47 Å². The average molecular weight is 511 g/mol. The number of rotatable bonds is 11. The zero-order valence-electron chi connectivity index (χ0n) is 15.9. The van der Waals surface area contributed by atoms with Crippen LogP contribution >= 0.6 is 35.7 Å². The number of halogens is 2. The van der Waals surface area contributed by atoms with Crippen molar-refractivity contribution in [3.05, 3.63) is 30.1 Å². The van der Waals surface area contributed by atoms with Gasteiger partial charge in [-0.3, -0.25) is 4.99 Å². The molecule has 27 heavy (non-hydrogen) atoms. The van der Waals surface area contributed by atoms with Crippen molar-refractivity contribution in [1.82, 2.24) is 10.6 Å². The molecule has 1 atom stereocenters. The van der Waals surface area contributed by atoms with Crippen LogP contribution in [0.1, 0.15) is 26.2 Å². The summed E-state index contributed by atoms with van der Waals surface area (Å²) in [5.41, 5.74) is 0. The molecule has 0 aliphatic carbocycles. The molecular formula is C19H31FIN3O2S. The van der Waals surface area contributed by atoms with Gasteiger partial charge in [-0.1, -0.05) is 0 Å². The van der Waals surface area contributed by atoms with Crippen LogP contribution in [0.5, 0.6) is 0 Å². The van der Waals surface area contributed by atoms with E-state index >= 15 is 0 Å². The van der Waals surface area contributed by atoms with Gasteiger partial charge in [-0.05, 0) is 50.5 Å². The molecular weight excluding hydrogens is 480 g/mol.